The minimum absolute atomic E-state index is 0.113. The average molecular weight is 425 g/mol. The number of nitrogens with one attached hydrogen (secondary N) is 2. The number of ether oxygens (including phenoxy) is 2. The topological polar surface area (TPSA) is 75.2 Å². The van der Waals surface area contributed by atoms with E-state index < -0.39 is 0 Å². The van der Waals surface area contributed by atoms with Gasteiger partial charge < -0.3 is 25.0 Å². The molecule has 2 N–H and O–H groups in total. The first kappa shape index (κ1) is 22.6. The molecule has 2 aromatic carbocycles. The lowest BCUT2D eigenvalue weighted by atomic mass is 9.97. The second-order valence-corrected chi connectivity index (χ2v) is 7.29. The van der Waals surface area contributed by atoms with E-state index in [1.807, 2.05) is 66.4 Å². The lowest BCUT2D eigenvalue weighted by Gasteiger charge is -2.31. The van der Waals surface area contributed by atoms with E-state index in [-0.39, 0.29) is 11.8 Å². The zero-order chi connectivity index (χ0) is 21.9. The Morgan fingerprint density at radius 1 is 1.10 bits per heavy atom. The van der Waals surface area contributed by atoms with Gasteiger partial charge >= 0.3 is 0 Å². The summed E-state index contributed by atoms with van der Waals surface area (Å²) < 4.78 is 10.8. The number of para-hydroxylation sites is 1. The Morgan fingerprint density at radius 3 is 2.52 bits per heavy atom. The summed E-state index contributed by atoms with van der Waals surface area (Å²) in [4.78, 5) is 19.9. The van der Waals surface area contributed by atoms with Crippen molar-refractivity contribution in [3.63, 3.8) is 0 Å². The maximum Gasteiger partial charge on any atom is 0.232 e. The van der Waals surface area contributed by atoms with Gasteiger partial charge in [-0.1, -0.05) is 48.5 Å². The molecule has 3 rings (SSSR count). The average Bonchev–Trinajstić information content (AvgIpc) is 2.83. The van der Waals surface area contributed by atoms with Gasteiger partial charge in [-0.25, -0.2) is 4.99 Å². The van der Waals surface area contributed by atoms with E-state index in [2.05, 4.69) is 10.6 Å². The molecule has 31 heavy (non-hydrogen) atoms. The van der Waals surface area contributed by atoms with Crippen molar-refractivity contribution in [2.45, 2.75) is 19.4 Å². The zero-order valence-corrected chi connectivity index (χ0v) is 18.3. The molecule has 7 heteroatoms. The van der Waals surface area contributed by atoms with Crippen LogP contribution in [0.5, 0.6) is 5.75 Å². The molecule has 2 aromatic rings. The van der Waals surface area contributed by atoms with Crippen LogP contribution in [0.25, 0.3) is 0 Å². The smallest absolute Gasteiger partial charge is 0.232 e. The fraction of sp³-hybridized carbons (Fsp3) is 0.417. The first-order chi connectivity index (χ1) is 15.2. The molecule has 1 heterocycles. The fourth-order valence-electron chi connectivity index (χ4n) is 3.58. The number of benzene rings is 2. The highest BCUT2D eigenvalue weighted by molar-refractivity contribution is 5.86. The van der Waals surface area contributed by atoms with Crippen molar-refractivity contribution in [3.05, 3.63) is 65.7 Å². The molecular formula is C24H32N4O3. The van der Waals surface area contributed by atoms with Gasteiger partial charge in [-0.2, -0.15) is 0 Å². The largest absolute Gasteiger partial charge is 0.496 e. The number of carbonyl (C=O) groups is 1. The summed E-state index contributed by atoms with van der Waals surface area (Å²) in [7, 11) is 1.66. The summed E-state index contributed by atoms with van der Waals surface area (Å²) in [5, 5.41) is 6.64. The number of guanidine groups is 1. The summed E-state index contributed by atoms with van der Waals surface area (Å²) >= 11 is 0. The van der Waals surface area contributed by atoms with E-state index in [4.69, 9.17) is 14.5 Å². The molecule has 1 amide bonds. The Morgan fingerprint density at radius 2 is 1.81 bits per heavy atom. The summed E-state index contributed by atoms with van der Waals surface area (Å²) in [5.41, 5.74) is 2.00. The number of hydrogen-bond donors (Lipinski definition) is 2. The molecule has 1 unspecified atom stereocenters. The maximum atomic E-state index is 13.3. The minimum Gasteiger partial charge on any atom is -0.496 e. The number of carbonyl (C=O) groups excluding carboxylic acids is 1. The molecule has 0 spiro atoms. The summed E-state index contributed by atoms with van der Waals surface area (Å²) in [5.74, 6) is 1.30. The number of aliphatic imine (C=N–C) groups is 1. The van der Waals surface area contributed by atoms with Gasteiger partial charge in [-0.05, 0) is 18.6 Å². The molecule has 1 aliphatic rings. The number of amides is 1. The number of morpholine rings is 1. The summed E-state index contributed by atoms with van der Waals surface area (Å²) in [6, 6.07) is 17.8. The molecule has 0 saturated carbocycles. The lowest BCUT2D eigenvalue weighted by Crippen LogP contribution is -2.47. The normalized spacial score (nSPS) is 15.3. The standard InChI is InChI=1S/C24H32N4O3/c1-3-25-24(26-17-20-11-7-8-12-22(20)30-2)27-18-21(19-9-5-4-6-10-19)23(29)28-13-15-31-16-14-28/h4-12,21H,3,13-18H2,1-2H3,(H2,25,26,27). The lowest BCUT2D eigenvalue weighted by molar-refractivity contribution is -0.136. The third-order valence-electron chi connectivity index (χ3n) is 5.24. The van der Waals surface area contributed by atoms with E-state index in [1.54, 1.807) is 7.11 Å². The first-order valence-electron chi connectivity index (χ1n) is 10.8. The van der Waals surface area contributed by atoms with Crippen molar-refractivity contribution in [2.24, 2.45) is 4.99 Å². The van der Waals surface area contributed by atoms with Gasteiger partial charge in [0.25, 0.3) is 0 Å². The molecule has 0 aromatic heterocycles. The highest BCUT2D eigenvalue weighted by Gasteiger charge is 2.27. The predicted octanol–water partition coefficient (Wildman–Crippen LogP) is 2.39. The Labute approximate surface area is 184 Å². The minimum atomic E-state index is -0.297. The molecule has 1 atom stereocenters. The number of rotatable bonds is 8. The monoisotopic (exact) mass is 424 g/mol. The van der Waals surface area contributed by atoms with Gasteiger partial charge in [0.2, 0.25) is 5.91 Å². The third-order valence-corrected chi connectivity index (χ3v) is 5.24. The molecule has 1 fully saturated rings. The van der Waals surface area contributed by atoms with Gasteiger partial charge in [-0.15, -0.1) is 0 Å². The van der Waals surface area contributed by atoms with Crippen LogP contribution in [0.3, 0.4) is 0 Å². The van der Waals surface area contributed by atoms with Crippen molar-refractivity contribution in [2.75, 3.05) is 46.5 Å². The molecule has 1 saturated heterocycles. The second-order valence-electron chi connectivity index (χ2n) is 7.29. The zero-order valence-electron chi connectivity index (χ0n) is 18.3. The predicted molar refractivity (Wildman–Crippen MR) is 122 cm³/mol. The quantitative estimate of drug-likeness (QED) is 0.503. The van der Waals surface area contributed by atoms with Crippen molar-refractivity contribution in [3.8, 4) is 5.75 Å². The fourth-order valence-corrected chi connectivity index (χ4v) is 3.58. The Hall–Kier alpha value is -3.06. The summed E-state index contributed by atoms with van der Waals surface area (Å²) in [6.07, 6.45) is 0. The van der Waals surface area contributed by atoms with Crippen LogP contribution < -0.4 is 15.4 Å². The highest BCUT2D eigenvalue weighted by atomic mass is 16.5. The Kier molecular flexibility index (Phi) is 8.72. The van der Waals surface area contributed by atoms with Crippen LogP contribution in [0.1, 0.15) is 24.0 Å². The summed E-state index contributed by atoms with van der Waals surface area (Å²) in [6.45, 7) is 6.12. The van der Waals surface area contributed by atoms with Crippen LogP contribution in [0, 0.1) is 0 Å². The highest BCUT2D eigenvalue weighted by Crippen LogP contribution is 2.20. The first-order valence-corrected chi connectivity index (χ1v) is 10.8. The third kappa shape index (κ3) is 6.46. The number of methoxy groups -OCH3 is 1. The maximum absolute atomic E-state index is 13.3. The van der Waals surface area contributed by atoms with Crippen molar-refractivity contribution in [1.29, 1.82) is 0 Å². The molecular weight excluding hydrogens is 392 g/mol. The van der Waals surface area contributed by atoms with Gasteiger partial charge in [0, 0.05) is 31.7 Å². The van der Waals surface area contributed by atoms with Gasteiger partial charge in [0.05, 0.1) is 32.8 Å². The van der Waals surface area contributed by atoms with Crippen molar-refractivity contribution >= 4 is 11.9 Å². The van der Waals surface area contributed by atoms with Crippen molar-refractivity contribution in [1.82, 2.24) is 15.5 Å². The van der Waals surface area contributed by atoms with E-state index in [9.17, 15) is 4.79 Å². The molecule has 0 aliphatic carbocycles. The number of hydrogen-bond acceptors (Lipinski definition) is 4. The molecule has 0 radical (unpaired) electrons. The van der Waals surface area contributed by atoms with E-state index >= 15 is 0 Å². The van der Waals surface area contributed by atoms with Crippen LogP contribution in [0.2, 0.25) is 0 Å². The SMILES string of the molecule is CCNC(=NCc1ccccc1OC)NCC(C(=O)N1CCOCC1)c1ccccc1. The van der Waals surface area contributed by atoms with E-state index in [0.29, 0.717) is 45.4 Å². The molecule has 166 valence electrons. The van der Waals surface area contributed by atoms with Crippen LogP contribution in [0.4, 0.5) is 0 Å². The van der Waals surface area contributed by atoms with Crippen LogP contribution in [-0.4, -0.2) is 63.3 Å². The molecule has 7 nitrogen and oxygen atoms in total. The van der Waals surface area contributed by atoms with Crippen LogP contribution in [-0.2, 0) is 16.1 Å². The van der Waals surface area contributed by atoms with E-state index in [0.717, 1.165) is 23.4 Å². The van der Waals surface area contributed by atoms with Crippen LogP contribution >= 0.6 is 0 Å². The Bertz CT molecular complexity index is 851. The second kappa shape index (κ2) is 12.0. The van der Waals surface area contributed by atoms with Gasteiger partial charge in [0.1, 0.15) is 5.75 Å². The van der Waals surface area contributed by atoms with Gasteiger partial charge in [0.15, 0.2) is 5.96 Å². The van der Waals surface area contributed by atoms with Crippen molar-refractivity contribution < 1.29 is 14.3 Å². The number of nitrogens with zero attached hydrogens (tertiary/aromatic N) is 2. The molecule has 1 aliphatic heterocycles. The van der Waals surface area contributed by atoms with Gasteiger partial charge in [-0.3, -0.25) is 4.79 Å². The van der Waals surface area contributed by atoms with Crippen LogP contribution in [0.15, 0.2) is 59.6 Å². The van der Waals surface area contributed by atoms with E-state index in [1.165, 1.54) is 0 Å². The molecule has 0 bridgehead atoms. The Balaban J connectivity index is 1.73.